The fourth-order valence-corrected chi connectivity index (χ4v) is 2.75. The molecule has 3 nitrogen and oxygen atoms in total. The summed E-state index contributed by atoms with van der Waals surface area (Å²) in [6.07, 6.45) is 2.36. The van der Waals surface area contributed by atoms with E-state index in [2.05, 4.69) is 11.8 Å². The van der Waals surface area contributed by atoms with Gasteiger partial charge in [-0.05, 0) is 37.3 Å². The summed E-state index contributed by atoms with van der Waals surface area (Å²) in [5.41, 5.74) is -0.798. The maximum atomic E-state index is 10.8. The lowest BCUT2D eigenvalue weighted by molar-refractivity contribution is -0.121. The Hall–Kier alpha value is -0.820. The summed E-state index contributed by atoms with van der Waals surface area (Å²) in [5, 5.41) is 29.4. The Kier molecular flexibility index (Phi) is 11.5. The van der Waals surface area contributed by atoms with Crippen LogP contribution in [0.2, 0.25) is 0 Å². The molecule has 1 aliphatic rings. The molecular formula is C19H36O3. The molecule has 0 aliphatic heterocycles. The predicted octanol–water partition coefficient (Wildman–Crippen LogP) is 3.53. The first-order chi connectivity index (χ1) is 10.2. The molecule has 3 N–H and O–H groups in total. The van der Waals surface area contributed by atoms with Gasteiger partial charge in [0.1, 0.15) is 5.60 Å². The van der Waals surface area contributed by atoms with Crippen LogP contribution in [-0.4, -0.2) is 33.6 Å². The van der Waals surface area contributed by atoms with Crippen molar-refractivity contribution < 1.29 is 15.3 Å². The molecule has 1 fully saturated rings. The third-order valence-corrected chi connectivity index (χ3v) is 3.96. The molecule has 0 amide bonds. The monoisotopic (exact) mass is 312 g/mol. The van der Waals surface area contributed by atoms with Crippen LogP contribution in [0.3, 0.4) is 0 Å². The third-order valence-electron chi connectivity index (χ3n) is 3.96. The first kappa shape index (κ1) is 23.4. The molecule has 3 unspecified atom stereocenters. The number of allylic oxidation sites excluding steroid dienone is 1. The van der Waals surface area contributed by atoms with Gasteiger partial charge in [0.2, 0.25) is 0 Å². The van der Waals surface area contributed by atoms with Crippen molar-refractivity contribution in [3.8, 4) is 11.8 Å². The van der Waals surface area contributed by atoms with E-state index in [9.17, 15) is 10.2 Å². The number of aliphatic hydroxyl groups is 3. The quantitative estimate of drug-likeness (QED) is 0.649. The Morgan fingerprint density at radius 3 is 2.14 bits per heavy atom. The maximum Gasteiger partial charge on any atom is 0.133 e. The van der Waals surface area contributed by atoms with Crippen molar-refractivity contribution in [1.29, 1.82) is 0 Å². The molecule has 1 aliphatic carbocycles. The molecule has 0 spiro atoms. The van der Waals surface area contributed by atoms with E-state index in [4.69, 9.17) is 5.11 Å². The van der Waals surface area contributed by atoms with Gasteiger partial charge in [-0.25, -0.2) is 0 Å². The standard InChI is InChI=1S/C15H24O3.2C2H6/c1-11(6-8-16)5-7-15(18)12(2)9-13(17)10-14(15,3)4;2*1-2/h6,12-13,16-18H,8-10H2,1-4H3;2*1-2H3/b11-6-;;. The molecule has 1 saturated carbocycles. The molecule has 3 atom stereocenters. The van der Waals surface area contributed by atoms with Gasteiger partial charge >= 0.3 is 0 Å². The zero-order chi connectivity index (χ0) is 18.0. The van der Waals surface area contributed by atoms with Crippen molar-refractivity contribution in [2.75, 3.05) is 6.61 Å². The third kappa shape index (κ3) is 6.12. The molecule has 0 saturated heterocycles. The SMILES string of the molecule is C/C(C#CC1(O)C(C)CC(O)CC1(C)C)=C/CO.CC.CC. The molecular weight excluding hydrogens is 276 g/mol. The number of rotatable bonds is 1. The van der Waals surface area contributed by atoms with Gasteiger partial charge in [0, 0.05) is 5.41 Å². The second kappa shape index (κ2) is 10.8. The zero-order valence-electron chi connectivity index (χ0n) is 15.7. The van der Waals surface area contributed by atoms with Gasteiger partial charge in [-0.1, -0.05) is 60.3 Å². The van der Waals surface area contributed by atoms with Crippen LogP contribution in [0.1, 0.15) is 68.2 Å². The fraction of sp³-hybridized carbons (Fsp3) is 0.789. The molecule has 1 rings (SSSR count). The van der Waals surface area contributed by atoms with E-state index in [0.717, 1.165) is 5.57 Å². The van der Waals surface area contributed by atoms with E-state index in [1.54, 1.807) is 6.08 Å². The highest BCUT2D eigenvalue weighted by Gasteiger charge is 2.51. The first-order valence-electron chi connectivity index (χ1n) is 8.44. The molecule has 0 bridgehead atoms. The molecule has 22 heavy (non-hydrogen) atoms. The lowest BCUT2D eigenvalue weighted by Crippen LogP contribution is -2.54. The molecule has 0 radical (unpaired) electrons. The number of hydrogen-bond donors (Lipinski definition) is 3. The summed E-state index contributed by atoms with van der Waals surface area (Å²) in [6.45, 7) is 15.6. The van der Waals surface area contributed by atoms with Crippen LogP contribution in [0.15, 0.2) is 11.6 Å². The van der Waals surface area contributed by atoms with E-state index in [1.165, 1.54) is 0 Å². The maximum absolute atomic E-state index is 10.8. The highest BCUT2D eigenvalue weighted by Crippen LogP contribution is 2.46. The largest absolute Gasteiger partial charge is 0.393 e. The Bertz CT molecular complexity index is 387. The average Bonchev–Trinajstić information content (AvgIpc) is 2.47. The Balaban J connectivity index is 0. The molecule has 3 heteroatoms. The Morgan fingerprint density at radius 1 is 1.23 bits per heavy atom. The number of aliphatic hydroxyl groups excluding tert-OH is 2. The van der Waals surface area contributed by atoms with E-state index in [-0.39, 0.29) is 18.6 Å². The van der Waals surface area contributed by atoms with Crippen molar-refractivity contribution in [2.45, 2.75) is 79.9 Å². The van der Waals surface area contributed by atoms with Gasteiger partial charge in [0.15, 0.2) is 0 Å². The van der Waals surface area contributed by atoms with Crippen molar-refractivity contribution in [2.24, 2.45) is 11.3 Å². The summed E-state index contributed by atoms with van der Waals surface area (Å²) in [5.74, 6) is 5.79. The lowest BCUT2D eigenvalue weighted by Gasteiger charge is -2.48. The molecule has 130 valence electrons. The van der Waals surface area contributed by atoms with Crippen molar-refractivity contribution in [1.82, 2.24) is 0 Å². The highest BCUT2D eigenvalue weighted by atomic mass is 16.3. The van der Waals surface area contributed by atoms with E-state index < -0.39 is 11.0 Å². The number of hydrogen-bond acceptors (Lipinski definition) is 3. The topological polar surface area (TPSA) is 60.7 Å². The lowest BCUT2D eigenvalue weighted by atomic mass is 9.60. The van der Waals surface area contributed by atoms with Gasteiger partial charge in [-0.15, -0.1) is 0 Å². The smallest absolute Gasteiger partial charge is 0.133 e. The second-order valence-corrected chi connectivity index (χ2v) is 5.96. The van der Waals surface area contributed by atoms with E-state index in [1.807, 2.05) is 55.4 Å². The van der Waals surface area contributed by atoms with Crippen LogP contribution in [0.4, 0.5) is 0 Å². The zero-order valence-corrected chi connectivity index (χ0v) is 15.7. The summed E-state index contributed by atoms with van der Waals surface area (Å²) < 4.78 is 0. The van der Waals surface area contributed by atoms with Crippen LogP contribution < -0.4 is 0 Å². The van der Waals surface area contributed by atoms with Gasteiger partial charge in [-0.2, -0.15) is 0 Å². The summed E-state index contributed by atoms with van der Waals surface area (Å²) in [6, 6.07) is 0. The van der Waals surface area contributed by atoms with Gasteiger partial charge in [0.05, 0.1) is 12.7 Å². The molecule has 0 aromatic heterocycles. The predicted molar refractivity (Wildman–Crippen MR) is 94.5 cm³/mol. The summed E-state index contributed by atoms with van der Waals surface area (Å²) in [4.78, 5) is 0. The Labute approximate surface area is 137 Å². The van der Waals surface area contributed by atoms with Crippen LogP contribution in [0, 0.1) is 23.2 Å². The van der Waals surface area contributed by atoms with Crippen LogP contribution in [-0.2, 0) is 0 Å². The fourth-order valence-electron chi connectivity index (χ4n) is 2.75. The van der Waals surface area contributed by atoms with Crippen LogP contribution >= 0.6 is 0 Å². The normalized spacial score (nSPS) is 29.9. The van der Waals surface area contributed by atoms with Crippen LogP contribution in [0.5, 0.6) is 0 Å². The summed E-state index contributed by atoms with van der Waals surface area (Å²) in [7, 11) is 0. The minimum atomic E-state index is -1.10. The minimum absolute atomic E-state index is 0.0450. The second-order valence-electron chi connectivity index (χ2n) is 5.96. The Morgan fingerprint density at radius 2 is 1.73 bits per heavy atom. The molecule has 0 aromatic carbocycles. The van der Waals surface area contributed by atoms with Crippen molar-refractivity contribution in [3.63, 3.8) is 0 Å². The van der Waals surface area contributed by atoms with Crippen molar-refractivity contribution in [3.05, 3.63) is 11.6 Å². The summed E-state index contributed by atoms with van der Waals surface area (Å²) >= 11 is 0. The van der Waals surface area contributed by atoms with E-state index >= 15 is 0 Å². The van der Waals surface area contributed by atoms with E-state index in [0.29, 0.717) is 12.8 Å². The van der Waals surface area contributed by atoms with Gasteiger partial charge in [0.25, 0.3) is 0 Å². The van der Waals surface area contributed by atoms with Gasteiger partial charge in [-0.3, -0.25) is 0 Å². The van der Waals surface area contributed by atoms with Crippen molar-refractivity contribution >= 4 is 0 Å². The average molecular weight is 312 g/mol. The van der Waals surface area contributed by atoms with Gasteiger partial charge < -0.3 is 15.3 Å². The molecule has 0 heterocycles. The molecule has 0 aromatic rings. The first-order valence-corrected chi connectivity index (χ1v) is 8.44. The highest BCUT2D eigenvalue weighted by molar-refractivity contribution is 5.33. The van der Waals surface area contributed by atoms with Crippen LogP contribution in [0.25, 0.3) is 0 Å². The minimum Gasteiger partial charge on any atom is -0.393 e.